The Morgan fingerprint density at radius 1 is 1.00 bits per heavy atom. The van der Waals surface area contributed by atoms with E-state index in [-0.39, 0.29) is 5.92 Å². The maximum atomic E-state index is 12.3. The van der Waals surface area contributed by atoms with Gasteiger partial charge in [-0.3, -0.25) is 4.79 Å². The standard InChI is InChI=1S/C18H28O/c1-3-5-8-14-18(19)17(13-6-4-2)15-16-11-9-7-10-12-16/h7,9-12,17H,3-6,8,13-15H2,1-2H3. The van der Waals surface area contributed by atoms with Crippen LogP contribution in [0.4, 0.5) is 0 Å². The van der Waals surface area contributed by atoms with Crippen molar-refractivity contribution in [3.63, 3.8) is 0 Å². The van der Waals surface area contributed by atoms with Gasteiger partial charge < -0.3 is 0 Å². The topological polar surface area (TPSA) is 17.1 Å². The molecular formula is C18H28O. The summed E-state index contributed by atoms with van der Waals surface area (Å²) in [7, 11) is 0. The molecule has 0 heterocycles. The fourth-order valence-electron chi connectivity index (χ4n) is 2.48. The number of carbonyl (C=O) groups excluding carboxylic acids is 1. The minimum Gasteiger partial charge on any atom is -0.299 e. The van der Waals surface area contributed by atoms with E-state index in [9.17, 15) is 4.79 Å². The second kappa shape index (κ2) is 9.77. The Morgan fingerprint density at radius 2 is 1.68 bits per heavy atom. The van der Waals surface area contributed by atoms with Gasteiger partial charge in [-0.05, 0) is 24.8 Å². The molecule has 0 fully saturated rings. The van der Waals surface area contributed by atoms with Crippen LogP contribution in [0.2, 0.25) is 0 Å². The average Bonchev–Trinajstić information content (AvgIpc) is 2.44. The largest absolute Gasteiger partial charge is 0.299 e. The molecule has 0 saturated carbocycles. The van der Waals surface area contributed by atoms with Crippen molar-refractivity contribution in [1.29, 1.82) is 0 Å². The highest BCUT2D eigenvalue weighted by Crippen LogP contribution is 2.19. The van der Waals surface area contributed by atoms with E-state index in [0.717, 1.165) is 32.1 Å². The van der Waals surface area contributed by atoms with E-state index in [1.165, 1.54) is 24.8 Å². The molecule has 0 aliphatic rings. The van der Waals surface area contributed by atoms with E-state index in [1.807, 2.05) is 6.07 Å². The van der Waals surface area contributed by atoms with Gasteiger partial charge in [0.05, 0.1) is 0 Å². The second-order valence-electron chi connectivity index (χ2n) is 5.45. The number of benzene rings is 1. The van der Waals surface area contributed by atoms with Crippen LogP contribution in [0.15, 0.2) is 30.3 Å². The number of hydrogen-bond acceptors (Lipinski definition) is 1. The second-order valence-corrected chi connectivity index (χ2v) is 5.45. The van der Waals surface area contributed by atoms with E-state index in [2.05, 4.69) is 38.1 Å². The minimum atomic E-state index is 0.235. The van der Waals surface area contributed by atoms with E-state index in [1.54, 1.807) is 0 Å². The number of hydrogen-bond donors (Lipinski definition) is 0. The average molecular weight is 260 g/mol. The van der Waals surface area contributed by atoms with Crippen molar-refractivity contribution in [3.05, 3.63) is 35.9 Å². The van der Waals surface area contributed by atoms with Gasteiger partial charge in [0.15, 0.2) is 0 Å². The molecule has 1 aromatic rings. The van der Waals surface area contributed by atoms with Crippen molar-refractivity contribution >= 4 is 5.78 Å². The monoisotopic (exact) mass is 260 g/mol. The number of carbonyl (C=O) groups is 1. The van der Waals surface area contributed by atoms with Crippen molar-refractivity contribution < 1.29 is 4.79 Å². The summed E-state index contributed by atoms with van der Waals surface area (Å²) in [5, 5.41) is 0. The highest BCUT2D eigenvalue weighted by Gasteiger charge is 2.17. The van der Waals surface area contributed by atoms with Gasteiger partial charge in [0.2, 0.25) is 0 Å². The van der Waals surface area contributed by atoms with Crippen LogP contribution in [-0.2, 0) is 11.2 Å². The molecule has 0 amide bonds. The third kappa shape index (κ3) is 6.56. The van der Waals surface area contributed by atoms with E-state index < -0.39 is 0 Å². The Bertz CT molecular complexity index is 342. The molecule has 106 valence electrons. The summed E-state index contributed by atoms with van der Waals surface area (Å²) in [6, 6.07) is 10.4. The maximum absolute atomic E-state index is 12.3. The number of Topliss-reactive ketones (excluding diaryl/α,β-unsaturated/α-hetero) is 1. The van der Waals surface area contributed by atoms with Crippen LogP contribution < -0.4 is 0 Å². The van der Waals surface area contributed by atoms with E-state index in [0.29, 0.717) is 5.78 Å². The van der Waals surface area contributed by atoms with Gasteiger partial charge >= 0.3 is 0 Å². The summed E-state index contributed by atoms with van der Waals surface area (Å²) in [6.07, 6.45) is 8.51. The molecule has 1 heteroatoms. The number of rotatable bonds is 10. The molecule has 1 rings (SSSR count). The Balaban J connectivity index is 2.53. The summed E-state index contributed by atoms with van der Waals surface area (Å²) >= 11 is 0. The highest BCUT2D eigenvalue weighted by molar-refractivity contribution is 5.81. The van der Waals surface area contributed by atoms with Gasteiger partial charge in [0, 0.05) is 12.3 Å². The molecular weight excluding hydrogens is 232 g/mol. The lowest BCUT2D eigenvalue weighted by Gasteiger charge is -2.15. The molecule has 0 aliphatic heterocycles. The highest BCUT2D eigenvalue weighted by atomic mass is 16.1. The zero-order valence-electron chi connectivity index (χ0n) is 12.5. The summed E-state index contributed by atoms with van der Waals surface area (Å²) < 4.78 is 0. The Kier molecular flexibility index (Phi) is 8.20. The molecule has 1 nitrogen and oxygen atoms in total. The zero-order chi connectivity index (χ0) is 13.9. The van der Waals surface area contributed by atoms with Crippen molar-refractivity contribution in [2.24, 2.45) is 5.92 Å². The SMILES string of the molecule is CCCCCC(=O)C(CCCC)Cc1ccccc1. The van der Waals surface area contributed by atoms with Crippen molar-refractivity contribution in [2.45, 2.75) is 65.2 Å². The summed E-state index contributed by atoms with van der Waals surface area (Å²) in [4.78, 5) is 12.3. The Hall–Kier alpha value is -1.11. The summed E-state index contributed by atoms with van der Waals surface area (Å²) in [5.41, 5.74) is 1.30. The van der Waals surface area contributed by atoms with Crippen molar-refractivity contribution in [3.8, 4) is 0 Å². The van der Waals surface area contributed by atoms with Crippen LogP contribution in [0.3, 0.4) is 0 Å². The van der Waals surface area contributed by atoms with Gasteiger partial charge in [0.25, 0.3) is 0 Å². The van der Waals surface area contributed by atoms with Crippen LogP contribution in [0.25, 0.3) is 0 Å². The van der Waals surface area contributed by atoms with E-state index in [4.69, 9.17) is 0 Å². The summed E-state index contributed by atoms with van der Waals surface area (Å²) in [5.74, 6) is 0.713. The first-order valence-electron chi connectivity index (χ1n) is 7.84. The van der Waals surface area contributed by atoms with Crippen LogP contribution in [0.5, 0.6) is 0 Å². The lowest BCUT2D eigenvalue weighted by Crippen LogP contribution is -2.17. The first-order valence-corrected chi connectivity index (χ1v) is 7.84. The van der Waals surface area contributed by atoms with Crippen LogP contribution >= 0.6 is 0 Å². The molecule has 1 aromatic carbocycles. The molecule has 0 N–H and O–H groups in total. The summed E-state index contributed by atoms with van der Waals surface area (Å²) in [6.45, 7) is 4.38. The fraction of sp³-hybridized carbons (Fsp3) is 0.611. The maximum Gasteiger partial charge on any atom is 0.136 e. The number of unbranched alkanes of at least 4 members (excludes halogenated alkanes) is 3. The van der Waals surface area contributed by atoms with Crippen molar-refractivity contribution in [2.75, 3.05) is 0 Å². The first kappa shape index (κ1) is 15.9. The van der Waals surface area contributed by atoms with Gasteiger partial charge in [-0.1, -0.05) is 69.9 Å². The lowest BCUT2D eigenvalue weighted by molar-refractivity contribution is -0.123. The van der Waals surface area contributed by atoms with Crippen molar-refractivity contribution in [1.82, 2.24) is 0 Å². The minimum absolute atomic E-state index is 0.235. The quantitative estimate of drug-likeness (QED) is 0.529. The molecule has 19 heavy (non-hydrogen) atoms. The van der Waals surface area contributed by atoms with E-state index >= 15 is 0 Å². The predicted molar refractivity (Wildman–Crippen MR) is 82.3 cm³/mol. The molecule has 1 atom stereocenters. The molecule has 1 unspecified atom stereocenters. The normalized spacial score (nSPS) is 12.3. The van der Waals surface area contributed by atoms with Crippen LogP contribution in [-0.4, -0.2) is 5.78 Å². The molecule has 0 bridgehead atoms. The first-order chi connectivity index (χ1) is 9.27. The number of ketones is 1. The smallest absolute Gasteiger partial charge is 0.136 e. The van der Waals surface area contributed by atoms with Crippen LogP contribution in [0, 0.1) is 5.92 Å². The lowest BCUT2D eigenvalue weighted by atomic mass is 9.88. The molecule has 0 aromatic heterocycles. The Labute approximate surface area is 118 Å². The molecule has 0 saturated heterocycles. The predicted octanol–water partition coefficient (Wildman–Crippen LogP) is 5.18. The van der Waals surface area contributed by atoms with Gasteiger partial charge in [0.1, 0.15) is 5.78 Å². The molecule has 0 aliphatic carbocycles. The molecule has 0 spiro atoms. The van der Waals surface area contributed by atoms with Gasteiger partial charge in [-0.15, -0.1) is 0 Å². The molecule has 0 radical (unpaired) electrons. The van der Waals surface area contributed by atoms with Crippen LogP contribution in [0.1, 0.15) is 64.4 Å². The third-order valence-electron chi connectivity index (χ3n) is 3.71. The Morgan fingerprint density at radius 3 is 2.32 bits per heavy atom. The fourth-order valence-corrected chi connectivity index (χ4v) is 2.48. The zero-order valence-corrected chi connectivity index (χ0v) is 12.5. The van der Waals surface area contributed by atoms with Gasteiger partial charge in [-0.2, -0.15) is 0 Å². The van der Waals surface area contributed by atoms with Gasteiger partial charge in [-0.25, -0.2) is 0 Å². The third-order valence-corrected chi connectivity index (χ3v) is 3.71.